The van der Waals surface area contributed by atoms with Gasteiger partial charge in [0.25, 0.3) is 5.69 Å². The standard InChI is InChI=1S/C14H17N3O3S/c1-9(18)11-4-5-13(14(6-11)17(19)20)16(3)7-12-8-21-10(2)15-12/h4-6,8-9,18H,7H2,1-3H3/t9-/m1/s1. The number of aromatic nitrogens is 1. The molecule has 0 aliphatic rings. The second-order valence-electron chi connectivity index (χ2n) is 4.90. The Morgan fingerprint density at radius 2 is 2.24 bits per heavy atom. The van der Waals surface area contributed by atoms with Crippen LogP contribution in [0.4, 0.5) is 11.4 Å². The first-order chi connectivity index (χ1) is 9.88. The summed E-state index contributed by atoms with van der Waals surface area (Å²) in [6.45, 7) is 4.01. The van der Waals surface area contributed by atoms with E-state index in [1.54, 1.807) is 42.3 Å². The molecule has 0 aliphatic heterocycles. The minimum absolute atomic E-state index is 0.0112. The van der Waals surface area contributed by atoms with Crippen LogP contribution in [-0.4, -0.2) is 22.1 Å². The first-order valence-electron chi connectivity index (χ1n) is 6.47. The molecule has 0 spiro atoms. The van der Waals surface area contributed by atoms with E-state index in [0.29, 0.717) is 17.8 Å². The third-order valence-corrected chi connectivity index (χ3v) is 3.98. The molecule has 1 aromatic heterocycles. The summed E-state index contributed by atoms with van der Waals surface area (Å²) in [5.41, 5.74) is 1.91. The van der Waals surface area contributed by atoms with Crippen molar-refractivity contribution in [2.45, 2.75) is 26.5 Å². The number of nitrogens with zero attached hydrogens (tertiary/aromatic N) is 3. The van der Waals surface area contributed by atoms with Gasteiger partial charge in [0.15, 0.2) is 0 Å². The van der Waals surface area contributed by atoms with Crippen molar-refractivity contribution in [1.29, 1.82) is 0 Å². The Morgan fingerprint density at radius 3 is 2.76 bits per heavy atom. The molecule has 6 nitrogen and oxygen atoms in total. The number of aliphatic hydroxyl groups excluding tert-OH is 1. The second kappa shape index (κ2) is 6.19. The number of nitro benzene ring substituents is 1. The summed E-state index contributed by atoms with van der Waals surface area (Å²) >= 11 is 1.55. The zero-order valence-electron chi connectivity index (χ0n) is 12.1. The Kier molecular flexibility index (Phi) is 4.54. The Hall–Kier alpha value is -1.99. The molecule has 0 saturated heterocycles. The molecule has 0 saturated carbocycles. The highest BCUT2D eigenvalue weighted by molar-refractivity contribution is 7.09. The Morgan fingerprint density at radius 1 is 1.52 bits per heavy atom. The van der Waals surface area contributed by atoms with E-state index in [9.17, 15) is 15.2 Å². The molecule has 2 rings (SSSR count). The van der Waals surface area contributed by atoms with Crippen molar-refractivity contribution in [3.05, 3.63) is 50.0 Å². The monoisotopic (exact) mass is 307 g/mol. The second-order valence-corrected chi connectivity index (χ2v) is 5.96. The van der Waals surface area contributed by atoms with Crippen LogP contribution in [0.25, 0.3) is 0 Å². The maximum absolute atomic E-state index is 11.2. The number of benzene rings is 1. The smallest absolute Gasteiger partial charge is 0.292 e. The molecule has 2 aromatic rings. The minimum atomic E-state index is -0.732. The minimum Gasteiger partial charge on any atom is -0.389 e. The lowest BCUT2D eigenvalue weighted by Gasteiger charge is -2.19. The topological polar surface area (TPSA) is 79.5 Å². The third kappa shape index (κ3) is 3.56. The fraction of sp³-hybridized carbons (Fsp3) is 0.357. The van der Waals surface area contributed by atoms with Crippen molar-refractivity contribution in [3.8, 4) is 0 Å². The lowest BCUT2D eigenvalue weighted by molar-refractivity contribution is -0.384. The molecule has 0 fully saturated rings. The van der Waals surface area contributed by atoms with Gasteiger partial charge < -0.3 is 10.0 Å². The van der Waals surface area contributed by atoms with E-state index < -0.39 is 11.0 Å². The van der Waals surface area contributed by atoms with Crippen LogP contribution in [0.5, 0.6) is 0 Å². The number of hydrogen-bond acceptors (Lipinski definition) is 6. The van der Waals surface area contributed by atoms with E-state index in [2.05, 4.69) is 4.98 Å². The Balaban J connectivity index is 2.31. The van der Waals surface area contributed by atoms with Gasteiger partial charge in [-0.25, -0.2) is 4.98 Å². The fourth-order valence-corrected chi connectivity index (χ4v) is 2.68. The highest BCUT2D eigenvalue weighted by Gasteiger charge is 2.19. The largest absolute Gasteiger partial charge is 0.389 e. The molecular formula is C14H17N3O3S. The quantitative estimate of drug-likeness (QED) is 0.678. The van der Waals surface area contributed by atoms with Crippen molar-refractivity contribution in [2.24, 2.45) is 0 Å². The summed E-state index contributed by atoms with van der Waals surface area (Å²) in [6.07, 6.45) is -0.732. The van der Waals surface area contributed by atoms with Crippen molar-refractivity contribution in [1.82, 2.24) is 4.98 Å². The van der Waals surface area contributed by atoms with Crippen LogP contribution in [0.1, 0.15) is 29.3 Å². The van der Waals surface area contributed by atoms with Gasteiger partial charge in [-0.15, -0.1) is 11.3 Å². The molecule has 1 atom stereocenters. The molecular weight excluding hydrogens is 290 g/mol. The van der Waals surface area contributed by atoms with Crippen LogP contribution in [0.15, 0.2) is 23.6 Å². The molecule has 7 heteroatoms. The first kappa shape index (κ1) is 15.4. The van der Waals surface area contributed by atoms with Gasteiger partial charge in [-0.2, -0.15) is 0 Å². The van der Waals surface area contributed by atoms with Crippen LogP contribution in [0.3, 0.4) is 0 Å². The maximum atomic E-state index is 11.2. The number of rotatable bonds is 5. The van der Waals surface area contributed by atoms with E-state index >= 15 is 0 Å². The lowest BCUT2D eigenvalue weighted by atomic mass is 10.1. The predicted molar refractivity (Wildman–Crippen MR) is 82.7 cm³/mol. The highest BCUT2D eigenvalue weighted by Crippen LogP contribution is 2.31. The van der Waals surface area contributed by atoms with Crippen LogP contribution >= 0.6 is 11.3 Å². The zero-order chi connectivity index (χ0) is 15.6. The number of hydrogen-bond donors (Lipinski definition) is 1. The van der Waals surface area contributed by atoms with Crippen molar-refractivity contribution >= 4 is 22.7 Å². The van der Waals surface area contributed by atoms with Gasteiger partial charge >= 0.3 is 0 Å². The number of thiazole rings is 1. The molecule has 0 radical (unpaired) electrons. The average molecular weight is 307 g/mol. The van der Waals surface area contributed by atoms with Crippen molar-refractivity contribution < 1.29 is 10.0 Å². The normalized spacial score (nSPS) is 12.2. The molecule has 0 unspecified atom stereocenters. The summed E-state index contributed by atoms with van der Waals surface area (Å²) in [7, 11) is 1.79. The predicted octanol–water partition coefficient (Wildman–Crippen LogP) is 3.05. The lowest BCUT2D eigenvalue weighted by Crippen LogP contribution is -2.18. The summed E-state index contributed by atoms with van der Waals surface area (Å²) in [6, 6.07) is 4.79. The molecule has 1 N–H and O–H groups in total. The summed E-state index contributed by atoms with van der Waals surface area (Å²) in [5.74, 6) is 0. The van der Waals surface area contributed by atoms with E-state index in [4.69, 9.17) is 0 Å². The molecule has 0 amide bonds. The Bertz CT molecular complexity index is 655. The van der Waals surface area contributed by atoms with Gasteiger partial charge in [-0.3, -0.25) is 10.1 Å². The number of anilines is 1. The van der Waals surface area contributed by atoms with Crippen LogP contribution in [0, 0.1) is 17.0 Å². The summed E-state index contributed by atoms with van der Waals surface area (Å²) < 4.78 is 0. The summed E-state index contributed by atoms with van der Waals surface area (Å²) in [5, 5.41) is 23.7. The van der Waals surface area contributed by atoms with Crippen molar-refractivity contribution in [3.63, 3.8) is 0 Å². The number of nitro groups is 1. The maximum Gasteiger partial charge on any atom is 0.292 e. The van der Waals surface area contributed by atoms with Gasteiger partial charge in [0.1, 0.15) is 5.69 Å². The van der Waals surface area contributed by atoms with E-state index in [-0.39, 0.29) is 5.69 Å². The number of aliphatic hydroxyl groups is 1. The van der Waals surface area contributed by atoms with E-state index in [1.165, 1.54) is 6.07 Å². The van der Waals surface area contributed by atoms with Gasteiger partial charge in [0, 0.05) is 18.5 Å². The molecule has 1 heterocycles. The van der Waals surface area contributed by atoms with Gasteiger partial charge in [0.05, 0.1) is 28.3 Å². The van der Waals surface area contributed by atoms with Gasteiger partial charge in [-0.05, 0) is 25.5 Å². The van der Waals surface area contributed by atoms with Crippen LogP contribution < -0.4 is 4.90 Å². The van der Waals surface area contributed by atoms with Crippen LogP contribution in [0.2, 0.25) is 0 Å². The zero-order valence-corrected chi connectivity index (χ0v) is 12.9. The van der Waals surface area contributed by atoms with Gasteiger partial charge in [-0.1, -0.05) is 6.07 Å². The summed E-state index contributed by atoms with van der Waals surface area (Å²) in [4.78, 5) is 17.0. The first-order valence-corrected chi connectivity index (χ1v) is 7.35. The van der Waals surface area contributed by atoms with E-state index in [0.717, 1.165) is 10.7 Å². The molecule has 0 bridgehead atoms. The van der Waals surface area contributed by atoms with Crippen molar-refractivity contribution in [2.75, 3.05) is 11.9 Å². The average Bonchev–Trinajstić information content (AvgIpc) is 2.83. The van der Waals surface area contributed by atoms with Crippen LogP contribution in [-0.2, 0) is 6.54 Å². The third-order valence-electron chi connectivity index (χ3n) is 3.16. The highest BCUT2D eigenvalue weighted by atomic mass is 32.1. The van der Waals surface area contributed by atoms with Gasteiger partial charge in [0.2, 0.25) is 0 Å². The SMILES string of the molecule is Cc1nc(CN(C)c2ccc([C@@H](C)O)cc2[N+](=O)[O-])cs1. The number of aryl methyl sites for hydroxylation is 1. The molecule has 112 valence electrons. The van der Waals surface area contributed by atoms with E-state index in [1.807, 2.05) is 12.3 Å². The molecule has 21 heavy (non-hydrogen) atoms. The fourth-order valence-electron chi connectivity index (χ4n) is 2.08. The molecule has 1 aromatic carbocycles. The Labute approximate surface area is 126 Å². The molecule has 0 aliphatic carbocycles.